The Balaban J connectivity index is 0.00000243. The van der Waals surface area contributed by atoms with Gasteiger partial charge in [0.1, 0.15) is 0 Å². The van der Waals surface area contributed by atoms with Gasteiger partial charge >= 0.3 is 0 Å². The summed E-state index contributed by atoms with van der Waals surface area (Å²) in [6, 6.07) is 0. The minimum atomic E-state index is 0. The maximum absolute atomic E-state index is 11.4. The molecule has 1 aliphatic carbocycles. The fraction of sp³-hybridized carbons (Fsp3) is 0.895. The van der Waals surface area contributed by atoms with E-state index >= 15 is 0 Å². The second-order valence-corrected chi connectivity index (χ2v) is 7.79. The van der Waals surface area contributed by atoms with E-state index in [1.54, 1.807) is 6.92 Å². The molecule has 0 spiro atoms. The van der Waals surface area contributed by atoms with Gasteiger partial charge in [0.2, 0.25) is 5.91 Å². The van der Waals surface area contributed by atoms with E-state index in [1.807, 2.05) is 4.90 Å². The van der Waals surface area contributed by atoms with Crippen LogP contribution in [0.2, 0.25) is 0 Å². The summed E-state index contributed by atoms with van der Waals surface area (Å²) in [6.07, 6.45) is 5.63. The Labute approximate surface area is 175 Å². The molecule has 3 fully saturated rings. The van der Waals surface area contributed by atoms with Crippen molar-refractivity contribution in [2.45, 2.75) is 39.5 Å². The Morgan fingerprint density at radius 3 is 2.19 bits per heavy atom. The monoisotopic (exact) mass is 477 g/mol. The fourth-order valence-corrected chi connectivity index (χ4v) is 4.59. The van der Waals surface area contributed by atoms with Gasteiger partial charge < -0.3 is 15.1 Å². The van der Waals surface area contributed by atoms with E-state index < -0.39 is 0 Å². The summed E-state index contributed by atoms with van der Waals surface area (Å²) in [5.41, 5.74) is 0. The van der Waals surface area contributed by atoms with Gasteiger partial charge in [0.25, 0.3) is 0 Å². The SMILES string of the molecule is CCNC(=NCCN1CCN(C(C)=O)CC1)N1CC2CCCCC2C1.I. The third-order valence-electron chi connectivity index (χ3n) is 6.11. The number of nitrogens with zero attached hydrogens (tertiary/aromatic N) is 4. The van der Waals surface area contributed by atoms with Crippen molar-refractivity contribution in [3.63, 3.8) is 0 Å². The van der Waals surface area contributed by atoms with Gasteiger partial charge in [-0.3, -0.25) is 14.7 Å². The number of aliphatic imine (C=N–C) groups is 1. The number of fused-ring (bicyclic) bond motifs is 1. The number of guanidine groups is 1. The molecule has 2 atom stereocenters. The highest BCUT2D eigenvalue weighted by atomic mass is 127. The summed E-state index contributed by atoms with van der Waals surface area (Å²) in [7, 11) is 0. The van der Waals surface area contributed by atoms with Crippen LogP contribution in [0.4, 0.5) is 0 Å². The molecule has 1 saturated carbocycles. The number of hydrogen-bond acceptors (Lipinski definition) is 3. The van der Waals surface area contributed by atoms with E-state index in [2.05, 4.69) is 22.0 Å². The summed E-state index contributed by atoms with van der Waals surface area (Å²) >= 11 is 0. The highest BCUT2D eigenvalue weighted by Gasteiger charge is 2.35. The molecular formula is C19H36IN5O. The van der Waals surface area contributed by atoms with E-state index in [9.17, 15) is 4.79 Å². The average molecular weight is 477 g/mol. The topological polar surface area (TPSA) is 51.2 Å². The standard InChI is InChI=1S/C19H35N5O.HI/c1-3-20-19(24-14-17-6-4-5-7-18(17)15-24)21-8-9-22-10-12-23(13-11-22)16(2)25;/h17-18H,3-15H2,1-2H3,(H,20,21);1H. The molecule has 3 aliphatic rings. The van der Waals surface area contributed by atoms with Crippen molar-refractivity contribution in [3.8, 4) is 0 Å². The minimum absolute atomic E-state index is 0. The zero-order valence-electron chi connectivity index (χ0n) is 16.5. The Morgan fingerprint density at radius 1 is 1.04 bits per heavy atom. The van der Waals surface area contributed by atoms with E-state index in [4.69, 9.17) is 4.99 Å². The molecule has 2 heterocycles. The Morgan fingerprint density at radius 2 is 1.65 bits per heavy atom. The molecule has 1 N–H and O–H groups in total. The molecule has 1 amide bonds. The predicted octanol–water partition coefficient (Wildman–Crippen LogP) is 1.86. The lowest BCUT2D eigenvalue weighted by atomic mass is 9.82. The summed E-state index contributed by atoms with van der Waals surface area (Å²) in [6.45, 7) is 12.6. The molecule has 3 rings (SSSR count). The molecule has 6 nitrogen and oxygen atoms in total. The first-order chi connectivity index (χ1) is 12.2. The number of carbonyl (C=O) groups is 1. The van der Waals surface area contributed by atoms with Crippen LogP contribution in [0, 0.1) is 11.8 Å². The third-order valence-corrected chi connectivity index (χ3v) is 6.11. The van der Waals surface area contributed by atoms with Crippen molar-refractivity contribution in [1.82, 2.24) is 20.0 Å². The maximum Gasteiger partial charge on any atom is 0.219 e. The number of piperazine rings is 1. The van der Waals surface area contributed by atoms with Crippen LogP contribution in [0.5, 0.6) is 0 Å². The average Bonchev–Trinajstić information content (AvgIpc) is 3.05. The van der Waals surface area contributed by atoms with Crippen molar-refractivity contribution in [3.05, 3.63) is 0 Å². The van der Waals surface area contributed by atoms with Gasteiger partial charge in [0.05, 0.1) is 6.54 Å². The molecule has 7 heteroatoms. The van der Waals surface area contributed by atoms with Crippen LogP contribution in [0.3, 0.4) is 0 Å². The normalized spacial score (nSPS) is 27.1. The molecule has 2 saturated heterocycles. The van der Waals surface area contributed by atoms with Crippen molar-refractivity contribution >= 4 is 35.8 Å². The fourth-order valence-electron chi connectivity index (χ4n) is 4.59. The molecular weight excluding hydrogens is 441 g/mol. The highest BCUT2D eigenvalue weighted by Crippen LogP contribution is 2.35. The molecule has 26 heavy (non-hydrogen) atoms. The van der Waals surface area contributed by atoms with Crippen molar-refractivity contribution in [2.75, 3.05) is 58.9 Å². The van der Waals surface area contributed by atoms with Crippen LogP contribution in [-0.2, 0) is 4.79 Å². The van der Waals surface area contributed by atoms with Crippen LogP contribution in [-0.4, -0.2) is 85.5 Å². The quantitative estimate of drug-likeness (QED) is 0.382. The molecule has 0 aromatic carbocycles. The van der Waals surface area contributed by atoms with Crippen LogP contribution >= 0.6 is 24.0 Å². The van der Waals surface area contributed by atoms with Gasteiger partial charge in [-0.1, -0.05) is 12.8 Å². The van der Waals surface area contributed by atoms with Gasteiger partial charge in [-0.05, 0) is 31.6 Å². The molecule has 0 aromatic rings. The second-order valence-electron chi connectivity index (χ2n) is 7.79. The van der Waals surface area contributed by atoms with Crippen LogP contribution in [0.25, 0.3) is 0 Å². The Hall–Kier alpha value is -0.570. The molecule has 0 aromatic heterocycles. The lowest BCUT2D eigenvalue weighted by molar-refractivity contribution is -0.130. The lowest BCUT2D eigenvalue weighted by Crippen LogP contribution is -2.48. The molecule has 0 radical (unpaired) electrons. The number of hydrogen-bond donors (Lipinski definition) is 1. The van der Waals surface area contributed by atoms with Gasteiger partial charge in [0, 0.05) is 59.3 Å². The number of rotatable bonds is 4. The first kappa shape index (κ1) is 21.7. The lowest BCUT2D eigenvalue weighted by Gasteiger charge is -2.33. The van der Waals surface area contributed by atoms with E-state index in [0.29, 0.717) is 0 Å². The number of nitrogens with one attached hydrogen (secondary N) is 1. The first-order valence-corrected chi connectivity index (χ1v) is 10.2. The van der Waals surface area contributed by atoms with Gasteiger partial charge in [-0.15, -0.1) is 24.0 Å². The largest absolute Gasteiger partial charge is 0.357 e. The van der Waals surface area contributed by atoms with Crippen molar-refractivity contribution < 1.29 is 4.79 Å². The van der Waals surface area contributed by atoms with Crippen LogP contribution in [0.1, 0.15) is 39.5 Å². The summed E-state index contributed by atoms with van der Waals surface area (Å²) in [5, 5.41) is 3.50. The zero-order valence-corrected chi connectivity index (χ0v) is 18.8. The number of carbonyl (C=O) groups excluding carboxylic acids is 1. The van der Waals surface area contributed by atoms with E-state index in [-0.39, 0.29) is 29.9 Å². The van der Waals surface area contributed by atoms with Gasteiger partial charge in [-0.2, -0.15) is 0 Å². The van der Waals surface area contributed by atoms with Gasteiger partial charge in [-0.25, -0.2) is 0 Å². The molecule has 2 unspecified atom stereocenters. The van der Waals surface area contributed by atoms with Crippen LogP contribution < -0.4 is 5.32 Å². The third kappa shape index (κ3) is 5.71. The van der Waals surface area contributed by atoms with Crippen LogP contribution in [0.15, 0.2) is 4.99 Å². The van der Waals surface area contributed by atoms with Crippen molar-refractivity contribution in [2.24, 2.45) is 16.8 Å². The minimum Gasteiger partial charge on any atom is -0.357 e. The Kier molecular flexibility index (Phi) is 8.93. The summed E-state index contributed by atoms with van der Waals surface area (Å²) in [5.74, 6) is 3.08. The maximum atomic E-state index is 11.4. The zero-order chi connectivity index (χ0) is 17.6. The number of likely N-dealkylation sites (tertiary alicyclic amines) is 1. The number of halogens is 1. The highest BCUT2D eigenvalue weighted by molar-refractivity contribution is 14.0. The Bertz CT molecular complexity index is 465. The molecule has 0 bridgehead atoms. The summed E-state index contributed by atoms with van der Waals surface area (Å²) in [4.78, 5) is 23.2. The van der Waals surface area contributed by atoms with E-state index in [1.165, 1.54) is 38.8 Å². The predicted molar refractivity (Wildman–Crippen MR) is 117 cm³/mol. The van der Waals surface area contributed by atoms with E-state index in [0.717, 1.165) is 63.6 Å². The van der Waals surface area contributed by atoms with Crippen molar-refractivity contribution in [1.29, 1.82) is 0 Å². The van der Waals surface area contributed by atoms with Gasteiger partial charge in [0.15, 0.2) is 5.96 Å². The second kappa shape index (κ2) is 10.7. The smallest absolute Gasteiger partial charge is 0.219 e. The summed E-state index contributed by atoms with van der Waals surface area (Å²) < 4.78 is 0. The molecule has 2 aliphatic heterocycles. The molecule has 150 valence electrons. The number of amides is 1. The first-order valence-electron chi connectivity index (χ1n) is 10.2.